The number of hydrogen-bond donors (Lipinski definition) is 2. The van der Waals surface area contributed by atoms with E-state index in [1.807, 2.05) is 6.07 Å². The van der Waals surface area contributed by atoms with Crippen LogP contribution in [0.5, 0.6) is 5.75 Å². The summed E-state index contributed by atoms with van der Waals surface area (Å²) < 4.78 is 5.20. The van der Waals surface area contributed by atoms with Gasteiger partial charge in [-0.15, -0.1) is 0 Å². The van der Waals surface area contributed by atoms with Gasteiger partial charge in [-0.25, -0.2) is 0 Å². The van der Waals surface area contributed by atoms with E-state index in [9.17, 15) is 15.3 Å². The summed E-state index contributed by atoms with van der Waals surface area (Å²) in [6, 6.07) is 6.52. The predicted molar refractivity (Wildman–Crippen MR) is 82.9 cm³/mol. The van der Waals surface area contributed by atoms with Gasteiger partial charge in [-0.1, -0.05) is 23.2 Å². The highest BCUT2D eigenvalue weighted by Gasteiger charge is 2.22. The van der Waals surface area contributed by atoms with Crippen LogP contribution >= 0.6 is 23.2 Å². The predicted octanol–water partition coefficient (Wildman–Crippen LogP) is 2.68. The van der Waals surface area contributed by atoms with Crippen LogP contribution in [0.15, 0.2) is 16.9 Å². The third-order valence-electron chi connectivity index (χ3n) is 2.95. The van der Waals surface area contributed by atoms with Crippen molar-refractivity contribution >= 4 is 29.0 Å². The van der Waals surface area contributed by atoms with Crippen molar-refractivity contribution in [1.82, 2.24) is 4.98 Å². The Bertz CT molecular complexity index is 907. The molecule has 0 atom stereocenters. The van der Waals surface area contributed by atoms with Crippen molar-refractivity contribution in [1.29, 1.82) is 10.5 Å². The topological polar surface area (TPSA) is 116 Å². The van der Waals surface area contributed by atoms with Crippen molar-refractivity contribution < 1.29 is 4.74 Å². The standard InChI is InChI=1S/C14H8Cl2N4O2/c1-22-12-7(2-6(15)3-10(12)16)11-8(4-17)13(19)20-14(21)9(11)5-18/h2-3H,1H3,(H3,19,20,21). The third-order valence-corrected chi connectivity index (χ3v) is 3.45. The zero-order valence-corrected chi connectivity index (χ0v) is 12.7. The minimum Gasteiger partial charge on any atom is -0.495 e. The van der Waals surface area contributed by atoms with E-state index in [4.69, 9.17) is 33.7 Å². The number of hydrogen-bond acceptors (Lipinski definition) is 5. The number of halogens is 2. The maximum Gasteiger partial charge on any atom is 0.268 e. The number of H-pyrrole nitrogens is 1. The molecule has 0 saturated carbocycles. The van der Waals surface area contributed by atoms with Gasteiger partial charge in [-0.3, -0.25) is 4.79 Å². The fraction of sp³-hybridized carbons (Fsp3) is 0.0714. The highest BCUT2D eigenvalue weighted by Crippen LogP contribution is 2.41. The lowest BCUT2D eigenvalue weighted by atomic mass is 9.96. The second-order valence-corrected chi connectivity index (χ2v) is 5.03. The summed E-state index contributed by atoms with van der Waals surface area (Å²) in [7, 11) is 1.37. The van der Waals surface area contributed by atoms with Crippen LogP contribution in [0.25, 0.3) is 11.1 Å². The maximum atomic E-state index is 11.9. The monoisotopic (exact) mass is 334 g/mol. The number of ether oxygens (including phenoxy) is 1. The van der Waals surface area contributed by atoms with Gasteiger partial charge < -0.3 is 15.5 Å². The molecule has 0 aliphatic rings. The summed E-state index contributed by atoms with van der Waals surface area (Å²) in [5.74, 6) is 0.0312. The van der Waals surface area contributed by atoms with E-state index in [1.165, 1.54) is 19.2 Å². The van der Waals surface area contributed by atoms with Gasteiger partial charge in [0.05, 0.1) is 12.1 Å². The molecule has 2 aromatic rings. The lowest BCUT2D eigenvalue weighted by Gasteiger charge is -2.14. The molecule has 0 unspecified atom stereocenters. The largest absolute Gasteiger partial charge is 0.495 e. The van der Waals surface area contributed by atoms with E-state index in [0.717, 1.165) is 0 Å². The molecule has 6 nitrogen and oxygen atoms in total. The van der Waals surface area contributed by atoms with Crippen LogP contribution in [0, 0.1) is 22.7 Å². The molecule has 22 heavy (non-hydrogen) atoms. The van der Waals surface area contributed by atoms with Gasteiger partial charge in [0.1, 0.15) is 34.8 Å². The van der Waals surface area contributed by atoms with Gasteiger partial charge in [0, 0.05) is 16.1 Å². The van der Waals surface area contributed by atoms with Crippen molar-refractivity contribution in [2.24, 2.45) is 0 Å². The van der Waals surface area contributed by atoms with Crippen LogP contribution in [-0.2, 0) is 0 Å². The average molecular weight is 335 g/mol. The molecular weight excluding hydrogens is 327 g/mol. The molecule has 0 aliphatic heterocycles. The van der Waals surface area contributed by atoms with Gasteiger partial charge in [0.2, 0.25) is 0 Å². The SMILES string of the molecule is COc1c(Cl)cc(Cl)cc1-c1c(C#N)c(N)[nH]c(=O)c1C#N. The number of benzene rings is 1. The van der Waals surface area contributed by atoms with Crippen molar-refractivity contribution in [3.05, 3.63) is 43.7 Å². The lowest BCUT2D eigenvalue weighted by Crippen LogP contribution is -2.16. The molecule has 0 fully saturated rings. The van der Waals surface area contributed by atoms with Crippen LogP contribution < -0.4 is 16.0 Å². The molecule has 0 aliphatic carbocycles. The second-order valence-electron chi connectivity index (χ2n) is 4.18. The van der Waals surface area contributed by atoms with E-state index < -0.39 is 5.56 Å². The molecule has 1 heterocycles. The molecule has 0 bridgehead atoms. The summed E-state index contributed by atoms with van der Waals surface area (Å²) in [5.41, 5.74) is 4.89. The van der Waals surface area contributed by atoms with Gasteiger partial charge in [0.15, 0.2) is 0 Å². The fourth-order valence-corrected chi connectivity index (χ4v) is 2.64. The number of aromatic amines is 1. The summed E-state index contributed by atoms with van der Waals surface area (Å²) >= 11 is 12.0. The summed E-state index contributed by atoms with van der Waals surface area (Å²) in [6.45, 7) is 0. The first-order chi connectivity index (χ1) is 10.4. The molecule has 0 saturated heterocycles. The number of methoxy groups -OCH3 is 1. The number of anilines is 1. The quantitative estimate of drug-likeness (QED) is 0.875. The Balaban J connectivity index is 3.05. The first-order valence-electron chi connectivity index (χ1n) is 5.84. The normalized spacial score (nSPS) is 9.86. The number of pyridine rings is 1. The number of nitriles is 2. The fourth-order valence-electron chi connectivity index (χ4n) is 2.07. The van der Waals surface area contributed by atoms with Crippen LogP contribution in [-0.4, -0.2) is 12.1 Å². The minimum atomic E-state index is -0.716. The van der Waals surface area contributed by atoms with E-state index >= 15 is 0 Å². The molecule has 0 spiro atoms. The smallest absolute Gasteiger partial charge is 0.268 e. The molecule has 0 radical (unpaired) electrons. The van der Waals surface area contributed by atoms with Gasteiger partial charge >= 0.3 is 0 Å². The number of nitrogen functional groups attached to an aromatic ring is 1. The average Bonchev–Trinajstić information content (AvgIpc) is 2.45. The second kappa shape index (κ2) is 5.98. The van der Waals surface area contributed by atoms with E-state index in [1.54, 1.807) is 6.07 Å². The molecule has 2 rings (SSSR count). The van der Waals surface area contributed by atoms with E-state index in [2.05, 4.69) is 4.98 Å². The van der Waals surface area contributed by atoms with Crippen LogP contribution in [0.4, 0.5) is 5.82 Å². The third kappa shape index (κ3) is 2.46. The Morgan fingerprint density at radius 1 is 1.23 bits per heavy atom. The first kappa shape index (κ1) is 15.7. The van der Waals surface area contributed by atoms with E-state index in [-0.39, 0.29) is 43.9 Å². The Hall–Kier alpha value is -2.67. The Kier molecular flexibility index (Phi) is 4.27. The van der Waals surface area contributed by atoms with Crippen LogP contribution in [0.1, 0.15) is 11.1 Å². The van der Waals surface area contributed by atoms with Crippen molar-refractivity contribution in [2.75, 3.05) is 12.8 Å². The van der Waals surface area contributed by atoms with Gasteiger partial charge in [-0.2, -0.15) is 10.5 Å². The lowest BCUT2D eigenvalue weighted by molar-refractivity contribution is 0.416. The molecule has 110 valence electrons. The number of nitrogens with zero attached hydrogens (tertiary/aromatic N) is 2. The zero-order chi connectivity index (χ0) is 16.4. The van der Waals surface area contributed by atoms with Gasteiger partial charge in [0.25, 0.3) is 5.56 Å². The number of nitrogens with one attached hydrogen (secondary N) is 1. The number of aromatic nitrogens is 1. The molecular formula is C14H8Cl2N4O2. The molecule has 1 aromatic heterocycles. The van der Waals surface area contributed by atoms with Crippen molar-refractivity contribution in [2.45, 2.75) is 0 Å². The minimum absolute atomic E-state index is 0.0347. The van der Waals surface area contributed by atoms with Crippen LogP contribution in [0.2, 0.25) is 10.0 Å². The first-order valence-corrected chi connectivity index (χ1v) is 6.59. The van der Waals surface area contributed by atoms with Crippen LogP contribution in [0.3, 0.4) is 0 Å². The van der Waals surface area contributed by atoms with Crippen molar-refractivity contribution in [3.8, 4) is 29.0 Å². The molecule has 1 aromatic carbocycles. The van der Waals surface area contributed by atoms with E-state index in [0.29, 0.717) is 0 Å². The highest BCUT2D eigenvalue weighted by atomic mass is 35.5. The Labute approximate surface area is 135 Å². The Morgan fingerprint density at radius 2 is 1.86 bits per heavy atom. The Morgan fingerprint density at radius 3 is 2.41 bits per heavy atom. The van der Waals surface area contributed by atoms with Crippen molar-refractivity contribution in [3.63, 3.8) is 0 Å². The molecule has 3 N–H and O–H groups in total. The molecule has 0 amide bonds. The summed E-state index contributed by atoms with van der Waals surface area (Å²) in [5, 5.41) is 19.0. The molecule has 8 heteroatoms. The number of nitrogens with two attached hydrogens (primary N) is 1. The van der Waals surface area contributed by atoms with Gasteiger partial charge in [-0.05, 0) is 12.1 Å². The highest BCUT2D eigenvalue weighted by molar-refractivity contribution is 6.36. The summed E-state index contributed by atoms with van der Waals surface area (Å²) in [6.07, 6.45) is 0. The summed E-state index contributed by atoms with van der Waals surface area (Å²) in [4.78, 5) is 14.2. The zero-order valence-electron chi connectivity index (χ0n) is 11.2. The number of rotatable bonds is 2. The maximum absolute atomic E-state index is 11.9.